The molecular weight excluding hydrogens is 474 g/mol. The molecule has 5 fully saturated rings. The minimum Gasteiger partial charge on any atom is -0.451 e. The predicted molar refractivity (Wildman–Crippen MR) is 120 cm³/mol. The number of esters is 1. The lowest BCUT2D eigenvalue weighted by molar-refractivity contribution is -0.380. The van der Waals surface area contributed by atoms with Crippen LogP contribution in [0.15, 0.2) is 30.0 Å². The number of carbonyl (C=O) groups is 1. The van der Waals surface area contributed by atoms with Crippen LogP contribution < -0.4 is 0 Å². The minimum atomic E-state index is -2.74. The van der Waals surface area contributed by atoms with Crippen molar-refractivity contribution in [1.29, 1.82) is 0 Å². The fraction of sp³-hybridized carbons (Fsp3) is 0.720. The van der Waals surface area contributed by atoms with E-state index in [1.165, 1.54) is 32.2 Å². The molecular formula is C25H33NO10. The number of aromatic nitrogens is 1. The SMILES string of the molecule is CC(C)C1(O)C(OC(=O)c2ccc[nH]2)C2(O)C3(C)CC4(O)OC5(C(O)C(CO)=CCC35O)C2(O)C41C. The molecule has 36 heavy (non-hydrogen) atoms. The predicted octanol–water partition coefficient (Wildman–Crippen LogP) is -1.30. The van der Waals surface area contributed by atoms with Crippen molar-refractivity contribution in [1.82, 2.24) is 4.98 Å². The van der Waals surface area contributed by atoms with E-state index in [1.807, 2.05) is 0 Å². The second-order valence-electron chi connectivity index (χ2n) is 12.0. The highest BCUT2D eigenvalue weighted by Gasteiger charge is 3.10. The van der Waals surface area contributed by atoms with Crippen molar-refractivity contribution >= 4 is 5.97 Å². The summed E-state index contributed by atoms with van der Waals surface area (Å²) in [4.78, 5) is 15.9. The summed E-state index contributed by atoms with van der Waals surface area (Å²) < 4.78 is 11.9. The van der Waals surface area contributed by atoms with Gasteiger partial charge in [0.15, 0.2) is 17.5 Å². The molecule has 1 aromatic heterocycles. The lowest BCUT2D eigenvalue weighted by Gasteiger charge is -2.59. The fourth-order valence-electron chi connectivity index (χ4n) is 9.25. The van der Waals surface area contributed by atoms with Gasteiger partial charge in [-0.3, -0.25) is 0 Å². The monoisotopic (exact) mass is 507 g/mol. The third-order valence-corrected chi connectivity index (χ3v) is 11.0. The van der Waals surface area contributed by atoms with Crippen LogP contribution in [0.4, 0.5) is 0 Å². The number of ether oxygens (including phenoxy) is 2. The maximum atomic E-state index is 13.2. The zero-order valence-electron chi connectivity index (χ0n) is 20.5. The smallest absolute Gasteiger partial charge is 0.355 e. The van der Waals surface area contributed by atoms with E-state index in [9.17, 15) is 40.5 Å². The van der Waals surface area contributed by atoms with Crippen LogP contribution in [0.1, 0.15) is 51.0 Å². The van der Waals surface area contributed by atoms with Crippen molar-refractivity contribution in [2.24, 2.45) is 16.7 Å². The number of carbonyl (C=O) groups excluding carboxylic acids is 1. The second-order valence-corrected chi connectivity index (χ2v) is 12.0. The van der Waals surface area contributed by atoms with Gasteiger partial charge in [0.2, 0.25) is 0 Å². The van der Waals surface area contributed by atoms with Gasteiger partial charge in [-0.05, 0) is 37.0 Å². The molecule has 2 saturated heterocycles. The van der Waals surface area contributed by atoms with E-state index in [4.69, 9.17) is 9.47 Å². The highest BCUT2D eigenvalue weighted by molar-refractivity contribution is 5.87. The third kappa shape index (κ3) is 1.76. The zero-order valence-corrected chi connectivity index (χ0v) is 20.5. The van der Waals surface area contributed by atoms with Crippen molar-refractivity contribution in [3.8, 4) is 0 Å². The van der Waals surface area contributed by atoms with E-state index in [2.05, 4.69) is 4.98 Å². The van der Waals surface area contributed by atoms with Crippen LogP contribution in [0, 0.1) is 16.7 Å². The van der Waals surface area contributed by atoms with E-state index in [1.54, 1.807) is 19.9 Å². The summed E-state index contributed by atoms with van der Waals surface area (Å²) in [6.45, 7) is 5.29. The van der Waals surface area contributed by atoms with Gasteiger partial charge >= 0.3 is 5.97 Å². The zero-order chi connectivity index (χ0) is 26.5. The molecule has 2 aliphatic heterocycles. The van der Waals surface area contributed by atoms with Gasteiger partial charge in [-0.2, -0.15) is 0 Å². The Hall–Kier alpha value is -1.83. The molecule has 4 aliphatic carbocycles. The maximum Gasteiger partial charge on any atom is 0.355 e. The van der Waals surface area contributed by atoms with Crippen molar-refractivity contribution < 1.29 is 50.0 Å². The standard InChI is InChI=1S/C25H33NO10/c1-12(2)22(32)17(35-16(29)14-6-5-9-26-14)23(33)18(3)11-21(31)19(22,4)25(23,34)24(36-21)15(28)13(10-27)7-8-20(18,24)30/h5-7,9,12,15,17,26-28,30-34H,8,10-11H2,1-4H3. The molecule has 0 aromatic carbocycles. The molecule has 0 amide bonds. The molecule has 10 unspecified atom stereocenters. The van der Waals surface area contributed by atoms with Gasteiger partial charge in [0.25, 0.3) is 0 Å². The Balaban J connectivity index is 1.69. The Labute approximate surface area is 207 Å². The van der Waals surface area contributed by atoms with Crippen molar-refractivity contribution in [2.75, 3.05) is 6.61 Å². The Morgan fingerprint density at radius 1 is 1.22 bits per heavy atom. The van der Waals surface area contributed by atoms with Gasteiger partial charge in [-0.1, -0.05) is 26.8 Å². The topological polar surface area (TPSA) is 193 Å². The summed E-state index contributed by atoms with van der Waals surface area (Å²) in [6, 6.07) is 3.00. The number of aliphatic hydroxyl groups excluding tert-OH is 2. The summed E-state index contributed by atoms with van der Waals surface area (Å²) >= 11 is 0. The Kier molecular flexibility index (Phi) is 4.25. The molecule has 0 radical (unpaired) electrons. The first kappa shape index (κ1) is 24.5. The number of hydrogen-bond donors (Lipinski definition) is 8. The summed E-state index contributed by atoms with van der Waals surface area (Å²) in [5.74, 6) is -4.11. The van der Waals surface area contributed by atoms with E-state index in [-0.39, 0.29) is 17.7 Å². The maximum absolute atomic E-state index is 13.2. The normalized spacial score (nSPS) is 56.3. The summed E-state index contributed by atoms with van der Waals surface area (Å²) in [5, 5.41) is 83.7. The minimum absolute atomic E-state index is 0.0214. The van der Waals surface area contributed by atoms with E-state index < -0.39 is 81.7 Å². The first-order valence-electron chi connectivity index (χ1n) is 12.2. The lowest BCUT2D eigenvalue weighted by Crippen LogP contribution is -2.74. The van der Waals surface area contributed by atoms with Gasteiger partial charge in [-0.25, -0.2) is 4.79 Å². The van der Waals surface area contributed by atoms with Crippen molar-refractivity contribution in [3.05, 3.63) is 35.7 Å². The van der Waals surface area contributed by atoms with Gasteiger partial charge in [0, 0.05) is 18.0 Å². The molecule has 7 rings (SSSR count). The van der Waals surface area contributed by atoms with E-state index in [0.29, 0.717) is 0 Å². The van der Waals surface area contributed by atoms with Crippen LogP contribution in [-0.2, 0) is 9.47 Å². The highest BCUT2D eigenvalue weighted by Crippen LogP contribution is 2.90. The largest absolute Gasteiger partial charge is 0.451 e. The first-order chi connectivity index (χ1) is 16.6. The average molecular weight is 508 g/mol. The van der Waals surface area contributed by atoms with Gasteiger partial charge in [0.05, 0.1) is 12.0 Å². The van der Waals surface area contributed by atoms with Gasteiger partial charge in [0.1, 0.15) is 34.2 Å². The molecule has 8 N–H and O–H groups in total. The number of aromatic amines is 1. The average Bonchev–Trinajstić information content (AvgIpc) is 3.43. The fourth-order valence-corrected chi connectivity index (χ4v) is 9.25. The van der Waals surface area contributed by atoms with Crippen LogP contribution in [-0.4, -0.2) is 99.3 Å². The number of hydrogen-bond acceptors (Lipinski definition) is 10. The lowest BCUT2D eigenvalue weighted by atomic mass is 9.52. The molecule has 1 aromatic rings. The van der Waals surface area contributed by atoms with Crippen LogP contribution in [0.25, 0.3) is 0 Å². The summed E-state index contributed by atoms with van der Waals surface area (Å²) in [7, 11) is 0. The summed E-state index contributed by atoms with van der Waals surface area (Å²) in [5.41, 5.74) is -16.2. The molecule has 11 nitrogen and oxygen atoms in total. The van der Waals surface area contributed by atoms with Crippen molar-refractivity contribution in [2.45, 2.75) is 86.5 Å². The molecule has 198 valence electrons. The number of aliphatic hydroxyl groups is 7. The van der Waals surface area contributed by atoms with Crippen LogP contribution in [0.2, 0.25) is 0 Å². The molecule has 6 bridgehead atoms. The van der Waals surface area contributed by atoms with Gasteiger partial charge in [-0.15, -0.1) is 0 Å². The summed E-state index contributed by atoms with van der Waals surface area (Å²) in [6.07, 6.45) is -1.48. The van der Waals surface area contributed by atoms with Crippen LogP contribution in [0.5, 0.6) is 0 Å². The molecule has 3 saturated carbocycles. The quantitative estimate of drug-likeness (QED) is 0.179. The molecule has 1 spiro atoms. The third-order valence-electron chi connectivity index (χ3n) is 11.0. The van der Waals surface area contributed by atoms with E-state index in [0.717, 1.165) is 0 Å². The second kappa shape index (κ2) is 6.24. The van der Waals surface area contributed by atoms with Crippen molar-refractivity contribution in [3.63, 3.8) is 0 Å². The first-order valence-corrected chi connectivity index (χ1v) is 12.2. The molecule has 11 heteroatoms. The van der Waals surface area contributed by atoms with Crippen LogP contribution >= 0.6 is 0 Å². The number of rotatable bonds is 4. The molecule has 10 atom stereocenters. The Morgan fingerprint density at radius 2 is 1.89 bits per heavy atom. The number of H-pyrrole nitrogens is 1. The highest BCUT2D eigenvalue weighted by atomic mass is 16.7. The Bertz CT molecular complexity index is 1200. The van der Waals surface area contributed by atoms with Gasteiger partial charge < -0.3 is 50.2 Å². The van der Waals surface area contributed by atoms with Crippen LogP contribution in [0.3, 0.4) is 0 Å². The Morgan fingerprint density at radius 3 is 2.44 bits per heavy atom. The number of nitrogens with one attached hydrogen (secondary N) is 1. The molecule has 6 aliphatic rings. The van der Waals surface area contributed by atoms with E-state index >= 15 is 0 Å². The molecule has 3 heterocycles.